The molecule has 3 rings (SSSR count). The van der Waals surface area contributed by atoms with Gasteiger partial charge in [0, 0.05) is 19.2 Å². The van der Waals surface area contributed by atoms with Gasteiger partial charge in [-0.1, -0.05) is 30.9 Å². The third-order valence-corrected chi connectivity index (χ3v) is 5.52. The van der Waals surface area contributed by atoms with Gasteiger partial charge in [-0.05, 0) is 30.7 Å². The fourth-order valence-electron chi connectivity index (χ4n) is 3.89. The number of anilines is 1. The number of carbonyl (C=O) groups is 1. The lowest BCUT2D eigenvalue weighted by Gasteiger charge is -2.33. The predicted molar refractivity (Wildman–Crippen MR) is 95.7 cm³/mol. The molecule has 6 heteroatoms. The summed E-state index contributed by atoms with van der Waals surface area (Å²) in [4.78, 5) is 14.8. The first kappa shape index (κ1) is 18.2. The van der Waals surface area contributed by atoms with Crippen molar-refractivity contribution in [2.45, 2.75) is 38.5 Å². The average molecular weight is 359 g/mol. The van der Waals surface area contributed by atoms with Crippen molar-refractivity contribution in [3.63, 3.8) is 0 Å². The summed E-state index contributed by atoms with van der Waals surface area (Å²) in [5, 5.41) is 0.399. The van der Waals surface area contributed by atoms with Crippen molar-refractivity contribution in [1.29, 1.82) is 0 Å². The van der Waals surface area contributed by atoms with Crippen LogP contribution in [0.25, 0.3) is 0 Å². The number of halogens is 2. The van der Waals surface area contributed by atoms with E-state index in [2.05, 4.69) is 0 Å². The summed E-state index contributed by atoms with van der Waals surface area (Å²) >= 11 is 6.08. The van der Waals surface area contributed by atoms with Crippen LogP contribution in [0.1, 0.15) is 48.9 Å². The number of nitrogen functional groups attached to an aromatic ring is 1. The molecule has 1 heterocycles. The maximum absolute atomic E-state index is 12.9. The van der Waals surface area contributed by atoms with Gasteiger partial charge in [-0.3, -0.25) is 4.79 Å². The molecule has 1 aliphatic heterocycles. The predicted octanol–water partition coefficient (Wildman–Crippen LogP) is 4.15. The first-order valence-corrected chi connectivity index (χ1v) is 8.35. The molecule has 1 spiro atoms. The van der Waals surface area contributed by atoms with Gasteiger partial charge in [-0.15, -0.1) is 12.4 Å². The number of likely N-dealkylation sites (tertiary alicyclic amines) is 1. The Bertz CT molecular complexity index is 586. The summed E-state index contributed by atoms with van der Waals surface area (Å²) in [6, 6.07) is 3.26. The van der Waals surface area contributed by atoms with Crippen LogP contribution in [0.5, 0.6) is 5.75 Å². The number of methoxy groups -OCH3 is 1. The van der Waals surface area contributed by atoms with Crippen LogP contribution >= 0.6 is 24.0 Å². The fraction of sp³-hybridized carbons (Fsp3) is 0.588. The number of nitrogens with two attached hydrogens (primary N) is 1. The van der Waals surface area contributed by atoms with Crippen LogP contribution in [0.3, 0.4) is 0 Å². The molecule has 1 amide bonds. The van der Waals surface area contributed by atoms with Gasteiger partial charge in [0.2, 0.25) is 0 Å². The van der Waals surface area contributed by atoms with Gasteiger partial charge in [0.25, 0.3) is 5.91 Å². The molecule has 23 heavy (non-hydrogen) atoms. The number of hydrogen-bond acceptors (Lipinski definition) is 3. The number of nitrogens with zero attached hydrogens (tertiary/aromatic N) is 1. The van der Waals surface area contributed by atoms with Crippen molar-refractivity contribution in [1.82, 2.24) is 4.90 Å². The lowest BCUT2D eigenvalue weighted by atomic mass is 9.73. The molecule has 0 radical (unpaired) electrons. The van der Waals surface area contributed by atoms with Crippen LogP contribution in [0.2, 0.25) is 5.02 Å². The Morgan fingerprint density at radius 2 is 1.96 bits per heavy atom. The van der Waals surface area contributed by atoms with E-state index in [1.807, 2.05) is 4.90 Å². The molecule has 0 unspecified atom stereocenters. The van der Waals surface area contributed by atoms with E-state index in [-0.39, 0.29) is 18.3 Å². The van der Waals surface area contributed by atoms with E-state index in [1.165, 1.54) is 32.1 Å². The first-order valence-electron chi connectivity index (χ1n) is 7.97. The van der Waals surface area contributed by atoms with Gasteiger partial charge in [-0.25, -0.2) is 0 Å². The number of benzene rings is 1. The Labute approximate surface area is 148 Å². The minimum Gasteiger partial charge on any atom is -0.496 e. The Morgan fingerprint density at radius 3 is 2.61 bits per heavy atom. The fourth-order valence-corrected chi connectivity index (χ4v) is 4.06. The van der Waals surface area contributed by atoms with E-state index in [4.69, 9.17) is 22.1 Å². The molecule has 1 aromatic rings. The van der Waals surface area contributed by atoms with E-state index in [1.54, 1.807) is 19.2 Å². The van der Waals surface area contributed by atoms with Gasteiger partial charge in [0.15, 0.2) is 0 Å². The SMILES string of the molecule is COc1cc(N)c(Cl)cc1C(=O)N1CCC2(CCCCC2)C1.Cl. The summed E-state index contributed by atoms with van der Waals surface area (Å²) in [5.41, 5.74) is 7.08. The third-order valence-electron chi connectivity index (χ3n) is 5.19. The van der Waals surface area contributed by atoms with Crippen molar-refractivity contribution in [2.75, 3.05) is 25.9 Å². The van der Waals surface area contributed by atoms with E-state index in [0.717, 1.165) is 19.5 Å². The molecule has 2 aliphatic rings. The Balaban J connectivity index is 0.00000192. The zero-order valence-electron chi connectivity index (χ0n) is 13.4. The number of ether oxygens (including phenoxy) is 1. The lowest BCUT2D eigenvalue weighted by Crippen LogP contribution is -2.33. The molecule has 1 aliphatic carbocycles. The number of carbonyl (C=O) groups excluding carboxylic acids is 1. The molecule has 128 valence electrons. The van der Waals surface area contributed by atoms with Gasteiger partial charge in [0.1, 0.15) is 5.75 Å². The Kier molecular flexibility index (Phi) is 5.69. The second kappa shape index (κ2) is 7.18. The molecule has 1 saturated heterocycles. The second-order valence-corrected chi connectivity index (χ2v) is 7.02. The molecule has 0 atom stereocenters. The van der Waals surface area contributed by atoms with Crippen LogP contribution < -0.4 is 10.5 Å². The number of amides is 1. The maximum Gasteiger partial charge on any atom is 0.257 e. The van der Waals surface area contributed by atoms with Crippen molar-refractivity contribution in [3.05, 3.63) is 22.7 Å². The zero-order chi connectivity index (χ0) is 15.7. The quantitative estimate of drug-likeness (QED) is 0.807. The van der Waals surface area contributed by atoms with Crippen LogP contribution in [0.4, 0.5) is 5.69 Å². The average Bonchev–Trinajstić information content (AvgIpc) is 2.93. The molecule has 4 nitrogen and oxygen atoms in total. The largest absolute Gasteiger partial charge is 0.496 e. The molecular weight excluding hydrogens is 335 g/mol. The minimum atomic E-state index is 0. The molecular formula is C17H24Cl2N2O2. The molecule has 2 N–H and O–H groups in total. The second-order valence-electron chi connectivity index (χ2n) is 6.61. The standard InChI is InChI=1S/C17H23ClN2O2.ClH/c1-22-15-10-14(19)13(18)9-12(15)16(21)20-8-7-17(11-20)5-3-2-4-6-17;/h9-10H,2-8,11,19H2,1H3;1H. The van der Waals surface area contributed by atoms with Gasteiger partial charge in [0.05, 0.1) is 23.4 Å². The van der Waals surface area contributed by atoms with E-state index in [9.17, 15) is 4.79 Å². The van der Waals surface area contributed by atoms with E-state index >= 15 is 0 Å². The number of hydrogen-bond donors (Lipinski definition) is 1. The summed E-state index contributed by atoms with van der Waals surface area (Å²) in [7, 11) is 1.55. The van der Waals surface area contributed by atoms with Crippen molar-refractivity contribution >= 4 is 35.6 Å². The first-order chi connectivity index (χ1) is 10.5. The minimum absolute atomic E-state index is 0. The highest BCUT2D eigenvalue weighted by Gasteiger charge is 2.41. The zero-order valence-corrected chi connectivity index (χ0v) is 15.0. The van der Waals surface area contributed by atoms with E-state index in [0.29, 0.717) is 27.4 Å². The summed E-state index contributed by atoms with van der Waals surface area (Å²) in [5.74, 6) is 0.498. The molecule has 1 aromatic carbocycles. The summed E-state index contributed by atoms with van der Waals surface area (Å²) < 4.78 is 5.31. The summed E-state index contributed by atoms with van der Waals surface area (Å²) in [6.45, 7) is 1.68. The third kappa shape index (κ3) is 3.53. The van der Waals surface area contributed by atoms with Gasteiger partial charge >= 0.3 is 0 Å². The molecule has 2 fully saturated rings. The van der Waals surface area contributed by atoms with Crippen molar-refractivity contribution < 1.29 is 9.53 Å². The van der Waals surface area contributed by atoms with Crippen LogP contribution in [-0.4, -0.2) is 31.0 Å². The lowest BCUT2D eigenvalue weighted by molar-refractivity contribution is 0.0755. The van der Waals surface area contributed by atoms with Gasteiger partial charge < -0.3 is 15.4 Å². The van der Waals surface area contributed by atoms with Crippen molar-refractivity contribution in [3.8, 4) is 5.75 Å². The monoisotopic (exact) mass is 358 g/mol. The van der Waals surface area contributed by atoms with Crippen LogP contribution in [0, 0.1) is 5.41 Å². The van der Waals surface area contributed by atoms with Gasteiger partial charge in [-0.2, -0.15) is 0 Å². The summed E-state index contributed by atoms with van der Waals surface area (Å²) in [6.07, 6.45) is 7.52. The molecule has 0 aromatic heterocycles. The molecule has 0 bridgehead atoms. The smallest absolute Gasteiger partial charge is 0.257 e. The Morgan fingerprint density at radius 1 is 1.26 bits per heavy atom. The highest BCUT2D eigenvalue weighted by molar-refractivity contribution is 6.33. The topological polar surface area (TPSA) is 55.6 Å². The van der Waals surface area contributed by atoms with Crippen molar-refractivity contribution in [2.24, 2.45) is 5.41 Å². The molecule has 1 saturated carbocycles. The Hall–Kier alpha value is -1.13. The maximum atomic E-state index is 12.9. The highest BCUT2D eigenvalue weighted by atomic mass is 35.5. The number of rotatable bonds is 2. The van der Waals surface area contributed by atoms with E-state index < -0.39 is 0 Å². The van der Waals surface area contributed by atoms with Crippen LogP contribution in [-0.2, 0) is 0 Å². The highest BCUT2D eigenvalue weighted by Crippen LogP contribution is 2.44. The van der Waals surface area contributed by atoms with Crippen LogP contribution in [0.15, 0.2) is 12.1 Å². The normalized spacial score (nSPS) is 19.5.